The van der Waals surface area contributed by atoms with Gasteiger partial charge in [-0.2, -0.15) is 0 Å². The molecule has 4 heteroatoms. The minimum Gasteiger partial charge on any atom is -0.505 e. The van der Waals surface area contributed by atoms with Crippen molar-refractivity contribution in [3.05, 3.63) is 23.0 Å². The van der Waals surface area contributed by atoms with Crippen molar-refractivity contribution in [3.63, 3.8) is 0 Å². The van der Waals surface area contributed by atoms with E-state index < -0.39 is 5.97 Å². The first-order valence-electron chi connectivity index (χ1n) is 4.40. The first-order valence-corrected chi connectivity index (χ1v) is 4.40. The number of hydrogen-bond donors (Lipinski definition) is 1. The highest BCUT2D eigenvalue weighted by Gasteiger charge is 2.16. The summed E-state index contributed by atoms with van der Waals surface area (Å²) in [5, 5.41) is 9.56. The van der Waals surface area contributed by atoms with E-state index in [4.69, 9.17) is 4.74 Å². The van der Waals surface area contributed by atoms with Crippen molar-refractivity contribution in [2.45, 2.75) is 20.8 Å². The van der Waals surface area contributed by atoms with Crippen LogP contribution in [-0.2, 0) is 4.74 Å². The number of pyridine rings is 1. The molecule has 0 atom stereocenters. The van der Waals surface area contributed by atoms with Gasteiger partial charge < -0.3 is 9.84 Å². The molecule has 76 valence electrons. The zero-order valence-electron chi connectivity index (χ0n) is 8.50. The van der Waals surface area contributed by atoms with E-state index in [0.29, 0.717) is 11.3 Å². The SMILES string of the molecule is CCOC(=O)c1nc(C)cc(C)c1O. The lowest BCUT2D eigenvalue weighted by Gasteiger charge is -2.06. The fourth-order valence-corrected chi connectivity index (χ4v) is 1.17. The third kappa shape index (κ3) is 2.02. The van der Waals surface area contributed by atoms with Crippen LogP contribution < -0.4 is 0 Å². The molecule has 0 spiro atoms. The maximum absolute atomic E-state index is 11.3. The smallest absolute Gasteiger partial charge is 0.360 e. The van der Waals surface area contributed by atoms with E-state index in [-0.39, 0.29) is 18.1 Å². The van der Waals surface area contributed by atoms with Crippen LogP contribution in [0.1, 0.15) is 28.7 Å². The Hall–Kier alpha value is -1.58. The van der Waals surface area contributed by atoms with E-state index in [2.05, 4.69) is 4.98 Å². The Bertz CT molecular complexity index is 361. The van der Waals surface area contributed by atoms with Crippen molar-refractivity contribution >= 4 is 5.97 Å². The van der Waals surface area contributed by atoms with E-state index in [1.54, 1.807) is 26.8 Å². The van der Waals surface area contributed by atoms with Gasteiger partial charge in [-0.25, -0.2) is 9.78 Å². The highest BCUT2D eigenvalue weighted by Crippen LogP contribution is 2.21. The average Bonchev–Trinajstić information content (AvgIpc) is 2.11. The summed E-state index contributed by atoms with van der Waals surface area (Å²) in [4.78, 5) is 15.3. The molecule has 14 heavy (non-hydrogen) atoms. The first-order chi connectivity index (χ1) is 6.56. The normalized spacial score (nSPS) is 9.93. The maximum atomic E-state index is 11.3. The third-order valence-corrected chi connectivity index (χ3v) is 1.78. The molecule has 0 radical (unpaired) electrons. The predicted molar refractivity (Wildman–Crippen MR) is 51.3 cm³/mol. The largest absolute Gasteiger partial charge is 0.505 e. The van der Waals surface area contributed by atoms with Gasteiger partial charge in [0.05, 0.1) is 6.61 Å². The quantitative estimate of drug-likeness (QED) is 0.728. The Morgan fingerprint density at radius 2 is 2.21 bits per heavy atom. The first kappa shape index (κ1) is 10.5. The predicted octanol–water partition coefficient (Wildman–Crippen LogP) is 1.58. The summed E-state index contributed by atoms with van der Waals surface area (Å²) in [5.41, 5.74) is 1.30. The van der Waals surface area contributed by atoms with Crippen LogP contribution in [0.15, 0.2) is 6.07 Å². The van der Waals surface area contributed by atoms with E-state index in [1.165, 1.54) is 0 Å². The fourth-order valence-electron chi connectivity index (χ4n) is 1.17. The number of carbonyl (C=O) groups excluding carboxylic acids is 1. The Morgan fingerprint density at radius 3 is 2.79 bits per heavy atom. The van der Waals surface area contributed by atoms with Gasteiger partial charge in [0, 0.05) is 5.69 Å². The van der Waals surface area contributed by atoms with Crippen LogP contribution in [0.2, 0.25) is 0 Å². The molecule has 0 bridgehead atoms. The minimum atomic E-state index is -0.586. The molecule has 0 amide bonds. The van der Waals surface area contributed by atoms with Crippen molar-refractivity contribution in [1.82, 2.24) is 4.98 Å². The number of carbonyl (C=O) groups is 1. The number of aromatic hydroxyl groups is 1. The van der Waals surface area contributed by atoms with E-state index in [0.717, 1.165) is 0 Å². The topological polar surface area (TPSA) is 59.4 Å². The summed E-state index contributed by atoms with van der Waals surface area (Å²) in [7, 11) is 0. The molecule has 0 saturated heterocycles. The van der Waals surface area contributed by atoms with Crippen LogP contribution in [0, 0.1) is 13.8 Å². The molecule has 0 unspecified atom stereocenters. The highest BCUT2D eigenvalue weighted by atomic mass is 16.5. The second-order valence-electron chi connectivity index (χ2n) is 3.00. The lowest BCUT2D eigenvalue weighted by molar-refractivity contribution is 0.0515. The Balaban J connectivity index is 3.13. The van der Waals surface area contributed by atoms with Crippen molar-refractivity contribution in [2.75, 3.05) is 6.61 Å². The van der Waals surface area contributed by atoms with Gasteiger partial charge in [-0.05, 0) is 32.4 Å². The lowest BCUT2D eigenvalue weighted by atomic mass is 10.2. The van der Waals surface area contributed by atoms with Crippen molar-refractivity contribution < 1.29 is 14.6 Å². The van der Waals surface area contributed by atoms with E-state index in [1.807, 2.05) is 0 Å². The molecule has 4 nitrogen and oxygen atoms in total. The number of hydrogen-bond acceptors (Lipinski definition) is 4. The summed E-state index contributed by atoms with van der Waals surface area (Å²) in [6, 6.07) is 1.71. The second-order valence-corrected chi connectivity index (χ2v) is 3.00. The number of rotatable bonds is 2. The molecule has 0 aromatic carbocycles. The Morgan fingerprint density at radius 1 is 1.57 bits per heavy atom. The van der Waals surface area contributed by atoms with Gasteiger partial charge in [0.25, 0.3) is 0 Å². The van der Waals surface area contributed by atoms with Gasteiger partial charge in [-0.1, -0.05) is 0 Å². The molecule has 1 rings (SSSR count). The highest BCUT2D eigenvalue weighted by molar-refractivity contribution is 5.90. The molecule has 1 N–H and O–H groups in total. The van der Waals surface area contributed by atoms with Crippen LogP contribution in [0.3, 0.4) is 0 Å². The molecular weight excluding hydrogens is 182 g/mol. The average molecular weight is 195 g/mol. The molecule has 0 aliphatic rings. The summed E-state index contributed by atoms with van der Waals surface area (Å²) < 4.78 is 4.76. The molecule has 1 aromatic heterocycles. The van der Waals surface area contributed by atoms with Gasteiger partial charge >= 0.3 is 5.97 Å². The number of ether oxygens (including phenoxy) is 1. The van der Waals surface area contributed by atoms with Gasteiger partial charge in [0.2, 0.25) is 0 Å². The summed E-state index contributed by atoms with van der Waals surface area (Å²) in [6.07, 6.45) is 0. The maximum Gasteiger partial charge on any atom is 0.360 e. The van der Waals surface area contributed by atoms with Crippen molar-refractivity contribution in [2.24, 2.45) is 0 Å². The van der Waals surface area contributed by atoms with Crippen LogP contribution in [0.4, 0.5) is 0 Å². The second kappa shape index (κ2) is 4.09. The molecule has 0 fully saturated rings. The van der Waals surface area contributed by atoms with Gasteiger partial charge in [0.15, 0.2) is 11.4 Å². The zero-order chi connectivity index (χ0) is 10.7. The number of aryl methyl sites for hydroxylation is 2. The van der Waals surface area contributed by atoms with E-state index >= 15 is 0 Å². The van der Waals surface area contributed by atoms with Crippen LogP contribution in [-0.4, -0.2) is 22.7 Å². The van der Waals surface area contributed by atoms with Crippen LogP contribution in [0.25, 0.3) is 0 Å². The van der Waals surface area contributed by atoms with Crippen molar-refractivity contribution in [1.29, 1.82) is 0 Å². The van der Waals surface area contributed by atoms with E-state index in [9.17, 15) is 9.90 Å². The molecule has 1 heterocycles. The molecule has 0 saturated carbocycles. The minimum absolute atomic E-state index is 0.00986. The standard InChI is InChI=1S/C10H13NO3/c1-4-14-10(13)8-9(12)6(2)5-7(3)11-8/h5,12H,4H2,1-3H3. The van der Waals surface area contributed by atoms with Gasteiger partial charge in [0.1, 0.15) is 0 Å². The Kier molecular flexibility index (Phi) is 3.06. The summed E-state index contributed by atoms with van der Waals surface area (Å²) in [6.45, 7) is 5.45. The van der Waals surface area contributed by atoms with Crippen molar-refractivity contribution in [3.8, 4) is 5.75 Å². The Labute approximate surface area is 82.5 Å². The molecule has 1 aromatic rings. The number of nitrogens with zero attached hydrogens (tertiary/aromatic N) is 1. The van der Waals surface area contributed by atoms with Gasteiger partial charge in [-0.15, -0.1) is 0 Å². The fraction of sp³-hybridized carbons (Fsp3) is 0.400. The van der Waals surface area contributed by atoms with Gasteiger partial charge in [-0.3, -0.25) is 0 Å². The van der Waals surface area contributed by atoms with Crippen LogP contribution >= 0.6 is 0 Å². The van der Waals surface area contributed by atoms with Crippen LogP contribution in [0.5, 0.6) is 5.75 Å². The molecular formula is C10H13NO3. The third-order valence-electron chi connectivity index (χ3n) is 1.78. The monoisotopic (exact) mass is 195 g/mol. The lowest BCUT2D eigenvalue weighted by Crippen LogP contribution is -2.08. The molecule has 0 aliphatic heterocycles. The molecule has 0 aliphatic carbocycles. The number of esters is 1. The summed E-state index contributed by atoms with van der Waals surface area (Å²) >= 11 is 0. The zero-order valence-corrected chi connectivity index (χ0v) is 8.50. The number of aromatic nitrogens is 1. The summed E-state index contributed by atoms with van der Waals surface area (Å²) in [5.74, 6) is -0.689.